The number of hydrogen-bond donors (Lipinski definition) is 3. The Labute approximate surface area is 102 Å². The Balaban J connectivity index is 2.73. The average Bonchev–Trinajstić information content (AvgIpc) is 2.30. The Hall–Kier alpha value is -1.10. The van der Waals surface area contributed by atoms with Gasteiger partial charge in [0.25, 0.3) is 0 Å². The van der Waals surface area contributed by atoms with E-state index >= 15 is 0 Å². The van der Waals surface area contributed by atoms with Gasteiger partial charge in [-0.25, -0.2) is 4.79 Å². The molecule has 0 aromatic rings. The van der Waals surface area contributed by atoms with Crippen LogP contribution in [0.5, 0.6) is 0 Å². The molecule has 5 nitrogen and oxygen atoms in total. The van der Waals surface area contributed by atoms with Crippen molar-refractivity contribution in [3.63, 3.8) is 0 Å². The summed E-state index contributed by atoms with van der Waals surface area (Å²) < 4.78 is 0. The van der Waals surface area contributed by atoms with Gasteiger partial charge in [0.2, 0.25) is 5.91 Å². The Morgan fingerprint density at radius 2 is 1.88 bits per heavy atom. The van der Waals surface area contributed by atoms with Crippen molar-refractivity contribution in [3.8, 4) is 0 Å². The molecule has 3 N–H and O–H groups in total. The molecule has 0 bridgehead atoms. The lowest BCUT2D eigenvalue weighted by Gasteiger charge is -2.37. The zero-order chi connectivity index (χ0) is 13.1. The standard InChI is InChI=1S/C12H22N2O3/c1-8-4-6-12(7-5-8,11(16)17)14-10(15)9(2)13-3/h8-9,13H,4-7H2,1-3H3,(H,14,15)(H,16,17). The number of aliphatic carboxylic acids is 1. The number of amides is 1. The topological polar surface area (TPSA) is 78.4 Å². The predicted molar refractivity (Wildman–Crippen MR) is 64.7 cm³/mol. The molecule has 5 heteroatoms. The van der Waals surface area contributed by atoms with E-state index in [-0.39, 0.29) is 11.9 Å². The highest BCUT2D eigenvalue weighted by Crippen LogP contribution is 2.32. The first-order valence-corrected chi connectivity index (χ1v) is 6.14. The zero-order valence-corrected chi connectivity index (χ0v) is 10.7. The first kappa shape index (κ1) is 14.0. The fourth-order valence-corrected chi connectivity index (χ4v) is 2.12. The maximum Gasteiger partial charge on any atom is 0.329 e. The number of carbonyl (C=O) groups is 2. The molecule has 0 saturated heterocycles. The van der Waals surface area contributed by atoms with E-state index < -0.39 is 11.5 Å². The summed E-state index contributed by atoms with van der Waals surface area (Å²) in [6.45, 7) is 3.83. The maximum absolute atomic E-state index is 11.8. The molecule has 1 unspecified atom stereocenters. The molecule has 1 saturated carbocycles. The SMILES string of the molecule is CNC(C)C(=O)NC1(C(=O)O)CCC(C)CC1. The second kappa shape index (κ2) is 5.49. The Morgan fingerprint density at radius 1 is 1.35 bits per heavy atom. The van der Waals surface area contributed by atoms with Crippen LogP contribution in [0.2, 0.25) is 0 Å². The molecule has 1 atom stereocenters. The molecular formula is C12H22N2O3. The van der Waals surface area contributed by atoms with Crippen molar-refractivity contribution in [1.82, 2.24) is 10.6 Å². The van der Waals surface area contributed by atoms with E-state index in [2.05, 4.69) is 17.6 Å². The second-order valence-corrected chi connectivity index (χ2v) is 5.07. The monoisotopic (exact) mass is 242 g/mol. The largest absolute Gasteiger partial charge is 0.480 e. The third-order valence-corrected chi connectivity index (χ3v) is 3.73. The predicted octanol–water partition coefficient (Wildman–Crippen LogP) is 0.744. The first-order valence-electron chi connectivity index (χ1n) is 6.14. The van der Waals surface area contributed by atoms with Crippen LogP contribution < -0.4 is 10.6 Å². The van der Waals surface area contributed by atoms with E-state index in [0.717, 1.165) is 12.8 Å². The van der Waals surface area contributed by atoms with Crippen LogP contribution in [0, 0.1) is 5.92 Å². The van der Waals surface area contributed by atoms with Crippen molar-refractivity contribution < 1.29 is 14.7 Å². The molecule has 0 radical (unpaired) electrons. The van der Waals surface area contributed by atoms with E-state index in [1.165, 1.54) is 0 Å². The van der Waals surface area contributed by atoms with Gasteiger partial charge in [-0.3, -0.25) is 4.79 Å². The van der Waals surface area contributed by atoms with Gasteiger partial charge in [-0.15, -0.1) is 0 Å². The van der Waals surface area contributed by atoms with E-state index in [1.54, 1.807) is 14.0 Å². The van der Waals surface area contributed by atoms with Crippen LogP contribution in [0.4, 0.5) is 0 Å². The number of likely N-dealkylation sites (N-methyl/N-ethyl adjacent to an activating group) is 1. The molecule has 1 rings (SSSR count). The summed E-state index contributed by atoms with van der Waals surface area (Å²) in [5.41, 5.74) is -1.06. The van der Waals surface area contributed by atoms with Crippen LogP contribution in [0.15, 0.2) is 0 Å². The van der Waals surface area contributed by atoms with Crippen molar-refractivity contribution in [3.05, 3.63) is 0 Å². The van der Waals surface area contributed by atoms with Crippen molar-refractivity contribution >= 4 is 11.9 Å². The van der Waals surface area contributed by atoms with Gasteiger partial charge in [0.05, 0.1) is 6.04 Å². The number of hydrogen-bond acceptors (Lipinski definition) is 3. The summed E-state index contributed by atoms with van der Waals surface area (Å²) in [5.74, 6) is -0.619. The summed E-state index contributed by atoms with van der Waals surface area (Å²) in [6.07, 6.45) is 2.73. The van der Waals surface area contributed by atoms with E-state index in [4.69, 9.17) is 0 Å². The van der Waals surface area contributed by atoms with Gasteiger partial charge in [-0.05, 0) is 45.6 Å². The maximum atomic E-state index is 11.8. The molecule has 17 heavy (non-hydrogen) atoms. The first-order chi connectivity index (χ1) is 7.91. The average molecular weight is 242 g/mol. The highest BCUT2D eigenvalue weighted by Gasteiger charge is 2.42. The van der Waals surface area contributed by atoms with E-state index in [1.807, 2.05) is 0 Å². The fraction of sp³-hybridized carbons (Fsp3) is 0.833. The van der Waals surface area contributed by atoms with Crippen LogP contribution in [0.1, 0.15) is 39.5 Å². The Morgan fingerprint density at radius 3 is 2.29 bits per heavy atom. The van der Waals surface area contributed by atoms with Gasteiger partial charge in [0.1, 0.15) is 5.54 Å². The third kappa shape index (κ3) is 3.19. The lowest BCUT2D eigenvalue weighted by atomic mass is 9.77. The lowest BCUT2D eigenvalue weighted by Crippen LogP contribution is -2.59. The van der Waals surface area contributed by atoms with E-state index in [9.17, 15) is 14.7 Å². The number of carboxylic acid groups (broad SMARTS) is 1. The van der Waals surface area contributed by atoms with Gasteiger partial charge < -0.3 is 15.7 Å². The highest BCUT2D eigenvalue weighted by molar-refractivity contribution is 5.89. The smallest absolute Gasteiger partial charge is 0.329 e. The van der Waals surface area contributed by atoms with Crippen LogP contribution in [0.3, 0.4) is 0 Å². The molecule has 0 aromatic heterocycles. The minimum atomic E-state index is -1.06. The van der Waals surface area contributed by atoms with Crippen molar-refractivity contribution in [2.75, 3.05) is 7.05 Å². The molecule has 98 valence electrons. The third-order valence-electron chi connectivity index (χ3n) is 3.73. The summed E-state index contributed by atoms with van der Waals surface area (Å²) in [6, 6.07) is -0.370. The zero-order valence-electron chi connectivity index (χ0n) is 10.7. The normalized spacial score (nSPS) is 30.6. The summed E-state index contributed by atoms with van der Waals surface area (Å²) in [4.78, 5) is 23.2. The molecule has 0 aromatic carbocycles. The number of rotatable bonds is 4. The summed E-state index contributed by atoms with van der Waals surface area (Å²) in [7, 11) is 1.68. The van der Waals surface area contributed by atoms with Crippen molar-refractivity contribution in [2.24, 2.45) is 5.92 Å². The fourth-order valence-electron chi connectivity index (χ4n) is 2.12. The van der Waals surface area contributed by atoms with Gasteiger partial charge in [-0.2, -0.15) is 0 Å². The number of nitrogens with one attached hydrogen (secondary N) is 2. The highest BCUT2D eigenvalue weighted by atomic mass is 16.4. The summed E-state index contributed by atoms with van der Waals surface area (Å²) in [5, 5.41) is 14.9. The molecule has 0 heterocycles. The van der Waals surface area contributed by atoms with Gasteiger partial charge in [-0.1, -0.05) is 6.92 Å². The van der Waals surface area contributed by atoms with Crippen molar-refractivity contribution in [1.29, 1.82) is 0 Å². The van der Waals surface area contributed by atoms with Crippen LogP contribution in [0.25, 0.3) is 0 Å². The number of carboxylic acids is 1. The lowest BCUT2D eigenvalue weighted by molar-refractivity contribution is -0.150. The Bertz CT molecular complexity index is 296. The Kier molecular flexibility index (Phi) is 4.51. The molecule has 1 amide bonds. The van der Waals surface area contributed by atoms with Crippen molar-refractivity contribution in [2.45, 2.75) is 51.1 Å². The molecule has 0 spiro atoms. The van der Waals surface area contributed by atoms with Crippen LogP contribution >= 0.6 is 0 Å². The molecular weight excluding hydrogens is 220 g/mol. The second-order valence-electron chi connectivity index (χ2n) is 5.07. The van der Waals surface area contributed by atoms with Gasteiger partial charge in [0, 0.05) is 0 Å². The van der Waals surface area contributed by atoms with Gasteiger partial charge in [0.15, 0.2) is 0 Å². The number of carbonyl (C=O) groups excluding carboxylic acids is 1. The van der Waals surface area contributed by atoms with Gasteiger partial charge >= 0.3 is 5.97 Å². The quantitative estimate of drug-likeness (QED) is 0.679. The molecule has 0 aliphatic heterocycles. The molecule has 1 fully saturated rings. The molecule has 1 aliphatic carbocycles. The van der Waals surface area contributed by atoms with E-state index in [0.29, 0.717) is 18.8 Å². The summed E-state index contributed by atoms with van der Waals surface area (Å²) >= 11 is 0. The minimum Gasteiger partial charge on any atom is -0.480 e. The van der Waals surface area contributed by atoms with Crippen LogP contribution in [-0.4, -0.2) is 35.6 Å². The molecule has 1 aliphatic rings. The van der Waals surface area contributed by atoms with Crippen LogP contribution in [-0.2, 0) is 9.59 Å². The minimum absolute atomic E-state index is 0.246.